The lowest BCUT2D eigenvalue weighted by atomic mass is 9.74. The molecule has 13 aliphatic rings. The Morgan fingerprint density at radius 2 is 0.504 bits per heavy atom. The van der Waals surface area contributed by atoms with Crippen molar-refractivity contribution in [2.24, 2.45) is 106 Å². The third-order valence-corrected chi connectivity index (χ3v) is 27.1. The summed E-state index contributed by atoms with van der Waals surface area (Å²) >= 11 is 0. The van der Waals surface area contributed by atoms with Crippen LogP contribution >= 0.6 is 0 Å². The van der Waals surface area contributed by atoms with E-state index in [1.807, 2.05) is 0 Å². The number of hydrogen-bond donors (Lipinski definition) is 5. The van der Waals surface area contributed by atoms with Crippen molar-refractivity contribution in [3.63, 3.8) is 0 Å². The molecule has 10 heterocycles. The molecular formula is C125H265N9O3. The molecule has 4 atom stereocenters. The normalized spacial score (nSPS) is 23.1. The Balaban J connectivity index is -0.00000142. The predicted octanol–water partition coefficient (Wildman–Crippen LogP) is 33.6. The first kappa shape index (κ1) is 141. The number of likely N-dealkylation sites (tertiary alicyclic amines) is 3. The predicted molar refractivity (Wildman–Crippen MR) is 620 cm³/mol. The van der Waals surface area contributed by atoms with Crippen LogP contribution in [0.1, 0.15) is 523 Å². The zero-order valence-electron chi connectivity index (χ0n) is 99.3. The van der Waals surface area contributed by atoms with Gasteiger partial charge in [-0.15, -0.1) is 0 Å². The lowest BCUT2D eigenvalue weighted by Crippen LogP contribution is -2.43. The number of piperidine rings is 3. The lowest BCUT2D eigenvalue weighted by Gasteiger charge is -2.36. The molecule has 0 aromatic carbocycles. The van der Waals surface area contributed by atoms with Crippen LogP contribution in [0.3, 0.4) is 0 Å². The van der Waals surface area contributed by atoms with Gasteiger partial charge in [-0.1, -0.05) is 382 Å². The molecule has 0 bridgehead atoms. The van der Waals surface area contributed by atoms with Gasteiger partial charge in [0.25, 0.3) is 0 Å². The summed E-state index contributed by atoms with van der Waals surface area (Å²) < 4.78 is 16.3. The summed E-state index contributed by atoms with van der Waals surface area (Å²) in [4.78, 5) is 10.2. The van der Waals surface area contributed by atoms with Crippen LogP contribution in [-0.4, -0.2) is 202 Å². The highest BCUT2D eigenvalue weighted by Gasteiger charge is 2.31. The maximum Gasteiger partial charge on any atom is 0.0620 e. The van der Waals surface area contributed by atoms with Crippen molar-refractivity contribution in [3.05, 3.63) is 0 Å². The van der Waals surface area contributed by atoms with Gasteiger partial charge in [0, 0.05) is 64.5 Å². The quantitative estimate of drug-likeness (QED) is 0.121. The summed E-state index contributed by atoms with van der Waals surface area (Å²) in [7, 11) is 0. The first-order valence-electron chi connectivity index (χ1n) is 57.8. The van der Waals surface area contributed by atoms with Gasteiger partial charge in [-0.25, -0.2) is 0 Å². The molecule has 12 nitrogen and oxygen atoms in total. The van der Waals surface area contributed by atoms with Crippen molar-refractivity contribution in [1.29, 1.82) is 0 Å². The fourth-order valence-electron chi connectivity index (χ4n) is 22.0. The molecule has 0 radical (unpaired) electrons. The van der Waals surface area contributed by atoms with Crippen LogP contribution in [0.4, 0.5) is 0 Å². The number of rotatable bonds is 13. The summed E-state index contributed by atoms with van der Waals surface area (Å²) in [6, 6.07) is 1.37. The zero-order valence-corrected chi connectivity index (χ0v) is 99.3. The first-order chi connectivity index (χ1) is 61.5. The molecule has 5 N–H and O–H groups in total. The highest BCUT2D eigenvalue weighted by molar-refractivity contribution is 4.85. The minimum Gasteiger partial charge on any atom is -0.379 e. The smallest absolute Gasteiger partial charge is 0.0620 e. The Morgan fingerprint density at radius 1 is 0.204 bits per heavy atom. The topological polar surface area (TPSA) is 101 Å². The van der Waals surface area contributed by atoms with E-state index in [4.69, 9.17) is 14.2 Å². The second-order valence-corrected chi connectivity index (χ2v) is 60.9. The van der Waals surface area contributed by atoms with Crippen molar-refractivity contribution >= 4 is 0 Å². The second kappa shape index (κ2) is 71.3. The van der Waals surface area contributed by atoms with Gasteiger partial charge in [-0.05, 0) is 332 Å². The van der Waals surface area contributed by atoms with E-state index in [1.54, 1.807) is 0 Å². The molecule has 3 aliphatic carbocycles. The van der Waals surface area contributed by atoms with Crippen molar-refractivity contribution in [2.75, 3.05) is 164 Å². The lowest BCUT2D eigenvalue weighted by molar-refractivity contribution is -0.00700. The van der Waals surface area contributed by atoms with E-state index in [0.717, 1.165) is 94.2 Å². The van der Waals surface area contributed by atoms with Crippen LogP contribution in [0, 0.1) is 106 Å². The molecule has 0 aromatic rings. The molecule has 828 valence electrons. The molecule has 13 rings (SSSR count). The molecule has 0 spiro atoms. The summed E-state index contributed by atoms with van der Waals surface area (Å²) in [5.74, 6) is 6.06. The molecule has 3 saturated carbocycles. The van der Waals surface area contributed by atoms with Gasteiger partial charge in [-0.3, -0.25) is 4.90 Å². The van der Waals surface area contributed by atoms with Gasteiger partial charge in [0.2, 0.25) is 0 Å². The van der Waals surface area contributed by atoms with Gasteiger partial charge in [0.15, 0.2) is 0 Å². The minimum absolute atomic E-state index is 0. The fraction of sp³-hybridized carbons (Fsp3) is 1.00. The van der Waals surface area contributed by atoms with Crippen LogP contribution in [0.15, 0.2) is 0 Å². The van der Waals surface area contributed by atoms with Crippen LogP contribution in [0.25, 0.3) is 0 Å². The monoisotopic (exact) mass is 1940 g/mol. The Bertz CT molecular complexity index is 2250. The fourth-order valence-corrected chi connectivity index (χ4v) is 22.0. The molecule has 0 amide bonds. The third kappa shape index (κ3) is 94.9. The van der Waals surface area contributed by atoms with E-state index in [0.29, 0.717) is 82.5 Å². The third-order valence-electron chi connectivity index (χ3n) is 27.1. The Kier molecular flexibility index (Phi) is 73.1. The van der Waals surface area contributed by atoms with Crippen molar-refractivity contribution in [2.45, 2.75) is 542 Å². The van der Waals surface area contributed by atoms with Crippen LogP contribution in [0.5, 0.6) is 0 Å². The van der Waals surface area contributed by atoms with Crippen molar-refractivity contribution < 1.29 is 14.2 Å². The van der Waals surface area contributed by atoms with Crippen LogP contribution in [-0.2, 0) is 14.2 Å². The number of nitrogens with zero attached hydrogens (tertiary/aromatic N) is 4. The number of nitrogens with one attached hydrogen (secondary N) is 5. The Morgan fingerprint density at radius 3 is 0.796 bits per heavy atom. The summed E-state index contributed by atoms with van der Waals surface area (Å²) in [6.45, 7) is 120. The van der Waals surface area contributed by atoms with Gasteiger partial charge >= 0.3 is 0 Å². The van der Waals surface area contributed by atoms with E-state index in [1.165, 1.54) is 342 Å². The molecule has 0 aromatic heterocycles. The number of hydrogen-bond acceptors (Lipinski definition) is 12. The average Bonchev–Trinajstić information content (AvgIpc) is 1.63. The van der Waals surface area contributed by atoms with E-state index in [9.17, 15) is 0 Å². The number of morpholine rings is 2. The molecular weight excluding hydrogens is 1680 g/mol. The van der Waals surface area contributed by atoms with E-state index in [2.05, 4.69) is 316 Å². The van der Waals surface area contributed by atoms with E-state index >= 15 is 0 Å². The van der Waals surface area contributed by atoms with Crippen LogP contribution in [0.2, 0.25) is 0 Å². The van der Waals surface area contributed by atoms with Gasteiger partial charge < -0.3 is 55.5 Å². The highest BCUT2D eigenvalue weighted by Crippen LogP contribution is 2.40. The molecule has 4 unspecified atom stereocenters. The molecule has 10 aliphatic heterocycles. The average molecular weight is 1940 g/mol. The first-order valence-corrected chi connectivity index (χ1v) is 57.8. The Labute approximate surface area is 866 Å². The SMILES string of the molecule is C.C.C.CC(C)(C)CC1CCC1.CC(C)(C)CC1CCCC1.CC(C)(C)CC1CCCCC1.CC(C)(C)CC1CCCCN1.CC(C)(C)CC1CCCCO1.CC(C)(C)CC1CCNC1.CC(C)(C)CC1CCNCC1.CC(C)(C)CC1CNC1.CC(C)(C)CC1COCCN1.CC(C)(C)CN1CCC1.CC(C)(C)CN1CCCC1.CC(C)(C)CN1CCCCC1.CC(C)(C)CN1CCOCC1. The molecule has 13 fully saturated rings. The summed E-state index contributed by atoms with van der Waals surface area (Å²) in [5, 5.41) is 17.1. The Hall–Kier alpha value is -0.480. The molecule has 10 saturated heterocycles. The van der Waals surface area contributed by atoms with Crippen molar-refractivity contribution in [3.8, 4) is 0 Å². The highest BCUT2D eigenvalue weighted by atomic mass is 16.5. The second-order valence-electron chi connectivity index (χ2n) is 60.9. The summed E-state index contributed by atoms with van der Waals surface area (Å²) in [5.41, 5.74) is 6.53. The van der Waals surface area contributed by atoms with Crippen molar-refractivity contribution in [1.82, 2.24) is 46.2 Å². The largest absolute Gasteiger partial charge is 0.379 e. The van der Waals surface area contributed by atoms with Crippen LogP contribution < -0.4 is 26.6 Å². The zero-order chi connectivity index (χ0) is 102. The van der Waals surface area contributed by atoms with Gasteiger partial charge in [-0.2, -0.15) is 0 Å². The summed E-state index contributed by atoms with van der Waals surface area (Å²) in [6.07, 6.45) is 51.4. The molecule has 12 heteroatoms. The maximum absolute atomic E-state index is 5.65. The van der Waals surface area contributed by atoms with Gasteiger partial charge in [0.05, 0.1) is 32.5 Å². The van der Waals surface area contributed by atoms with E-state index < -0.39 is 0 Å². The molecule has 137 heavy (non-hydrogen) atoms. The standard InChI is InChI=1S/C11H22.3C10H21N.C10H20O.C10H20.2C9H19NO.2C9H19N.C9H18.2C8H17N.3CH4/c1-11(2,3)9-10-7-5-4-6-8-10;1-10(2,3)8-9-4-6-11-7-5-9;1-10(2,3)8-9-6-4-5-7-11-9;1-10(2,3)9-11-7-5-4-6-8-11;1-10(2,3)8-9-6-4-5-7-11-9;1-10(2,3)8-9-6-4-5-7-9;1-9(2,3)8-10-4-6-11-7-5-10;1-9(2,3)6-8-7-11-5-4-10-8;1-9(2,3)6-8-4-5-10-7-8;1-9(2,3)8-10-6-4-5-7-10;1-9(2,3)7-8-5-4-6-8;1-8(2,3)4-7-5-9-6-7;1-8(2,3)7-9-5-4-6-9;;;/h10H,4-9H2,1-3H3;2*9,11H,4-8H2,1-3H3;4-9H2,1-3H3;9H,4-8H2,1-3H3;9H,4-8H2,1-3H3;4-8H2,1-3H3;8,10H,4-7H2,1-3H3;8,10H,4-7H2,1-3H3;4-8H2,1-3H3;8H,4-7H2,1-3H3;7,9H,4-6H2,1-3H3;4-7H2,1-3H3;3*1H4. The maximum atomic E-state index is 5.65. The van der Waals surface area contributed by atoms with Gasteiger partial charge in [0.1, 0.15) is 0 Å². The van der Waals surface area contributed by atoms with E-state index in [-0.39, 0.29) is 22.3 Å². The minimum atomic E-state index is 0. The number of ether oxygens (including phenoxy) is 3.